The molecule has 0 saturated carbocycles. The van der Waals surface area contributed by atoms with Gasteiger partial charge in [0.15, 0.2) is 0 Å². The van der Waals surface area contributed by atoms with Gasteiger partial charge in [-0.15, -0.1) is 5.10 Å². The number of rotatable bonds is 5. The Balaban J connectivity index is 2.04. The van der Waals surface area contributed by atoms with E-state index in [2.05, 4.69) is 41.6 Å². The Morgan fingerprint density at radius 1 is 1.50 bits per heavy atom. The Labute approximate surface area is 112 Å². The zero-order chi connectivity index (χ0) is 13.0. The topological polar surface area (TPSA) is 84.2 Å². The highest BCUT2D eigenvalue weighted by Gasteiger charge is 2.12. The molecule has 96 valence electrons. The fraction of sp³-hybridized carbons (Fsp3) is 0.400. The van der Waals surface area contributed by atoms with E-state index in [1.807, 2.05) is 6.92 Å². The fourth-order valence-electron chi connectivity index (χ4n) is 1.38. The maximum absolute atomic E-state index is 11.7. The number of halogens is 1. The Kier molecular flexibility index (Phi) is 4.21. The van der Waals surface area contributed by atoms with Gasteiger partial charge in [0.25, 0.3) is 11.7 Å². The lowest BCUT2D eigenvalue weighted by Gasteiger charge is -2.02. The predicted octanol–water partition coefficient (Wildman–Crippen LogP) is 0.226. The minimum atomic E-state index is -0.297. The highest BCUT2D eigenvalue weighted by molar-refractivity contribution is 9.10. The van der Waals surface area contributed by atoms with Crippen LogP contribution in [-0.2, 0) is 0 Å². The molecule has 2 aromatic rings. The van der Waals surface area contributed by atoms with E-state index in [-0.39, 0.29) is 11.7 Å². The first kappa shape index (κ1) is 12.9. The molecule has 8 heteroatoms. The van der Waals surface area contributed by atoms with Crippen LogP contribution >= 0.6 is 15.9 Å². The fourth-order valence-corrected chi connectivity index (χ4v) is 1.67. The quantitative estimate of drug-likeness (QED) is 0.772. The molecular weight excluding hydrogens is 300 g/mol. The second kappa shape index (κ2) is 5.87. The van der Waals surface area contributed by atoms with Crippen LogP contribution in [-0.4, -0.2) is 45.1 Å². The maximum atomic E-state index is 11.7. The number of carbonyl (C=O) groups excluding carboxylic acids is 1. The number of amides is 1. The van der Waals surface area contributed by atoms with Crippen molar-refractivity contribution in [3.8, 4) is 0 Å². The Hall–Kier alpha value is -1.54. The third-order valence-electron chi connectivity index (χ3n) is 2.20. The minimum Gasteiger partial charge on any atom is -0.348 e. The standard InChI is InChI=1S/C10H13BrN6O/c1-2-12-3-4-13-9(18)8-15-10-14-5-7(11)6-17(10)16-8/h5-6,12H,2-4H2,1H3,(H,13,18). The van der Waals surface area contributed by atoms with Crippen LogP contribution < -0.4 is 10.6 Å². The number of nitrogens with zero attached hydrogens (tertiary/aromatic N) is 4. The lowest BCUT2D eigenvalue weighted by molar-refractivity contribution is 0.0944. The molecule has 0 aliphatic carbocycles. The number of carbonyl (C=O) groups is 1. The van der Waals surface area contributed by atoms with Crippen LogP contribution in [0.3, 0.4) is 0 Å². The molecule has 0 bridgehead atoms. The molecule has 1 amide bonds. The maximum Gasteiger partial charge on any atom is 0.291 e. The van der Waals surface area contributed by atoms with Crippen molar-refractivity contribution >= 4 is 27.6 Å². The highest BCUT2D eigenvalue weighted by Crippen LogP contribution is 2.07. The van der Waals surface area contributed by atoms with Gasteiger partial charge in [-0.05, 0) is 22.5 Å². The SMILES string of the molecule is CCNCCNC(=O)c1nc2ncc(Br)cn2n1. The summed E-state index contributed by atoms with van der Waals surface area (Å²) in [4.78, 5) is 19.8. The number of hydrogen-bond acceptors (Lipinski definition) is 5. The van der Waals surface area contributed by atoms with Crippen LogP contribution in [0.25, 0.3) is 5.78 Å². The summed E-state index contributed by atoms with van der Waals surface area (Å²) < 4.78 is 2.24. The zero-order valence-corrected chi connectivity index (χ0v) is 11.4. The largest absolute Gasteiger partial charge is 0.348 e. The molecule has 0 radical (unpaired) electrons. The van der Waals surface area contributed by atoms with Gasteiger partial charge in [-0.2, -0.15) is 4.98 Å². The summed E-state index contributed by atoms with van der Waals surface area (Å²) in [5.41, 5.74) is 0. The molecule has 2 rings (SSSR count). The van der Waals surface area contributed by atoms with Crippen molar-refractivity contribution in [2.24, 2.45) is 0 Å². The van der Waals surface area contributed by atoms with Crippen molar-refractivity contribution in [3.63, 3.8) is 0 Å². The van der Waals surface area contributed by atoms with Crippen molar-refractivity contribution in [2.45, 2.75) is 6.92 Å². The van der Waals surface area contributed by atoms with Crippen molar-refractivity contribution in [2.75, 3.05) is 19.6 Å². The molecule has 0 aliphatic heterocycles. The molecule has 0 aromatic carbocycles. The first-order valence-electron chi connectivity index (χ1n) is 5.57. The van der Waals surface area contributed by atoms with Gasteiger partial charge < -0.3 is 10.6 Å². The molecule has 0 aliphatic rings. The van der Waals surface area contributed by atoms with Gasteiger partial charge in [0.05, 0.1) is 4.47 Å². The highest BCUT2D eigenvalue weighted by atomic mass is 79.9. The molecule has 2 N–H and O–H groups in total. The Morgan fingerprint density at radius 3 is 3.11 bits per heavy atom. The normalized spacial score (nSPS) is 10.8. The van der Waals surface area contributed by atoms with Gasteiger partial charge in [0.1, 0.15) is 0 Å². The monoisotopic (exact) mass is 312 g/mol. The molecule has 0 atom stereocenters. The van der Waals surface area contributed by atoms with E-state index < -0.39 is 0 Å². The van der Waals surface area contributed by atoms with Gasteiger partial charge in [-0.25, -0.2) is 9.50 Å². The predicted molar refractivity (Wildman–Crippen MR) is 69.4 cm³/mol. The minimum absolute atomic E-state index is 0.122. The number of likely N-dealkylation sites (N-methyl/N-ethyl adjacent to an activating group) is 1. The van der Waals surface area contributed by atoms with E-state index in [9.17, 15) is 4.79 Å². The third-order valence-corrected chi connectivity index (χ3v) is 2.61. The smallest absolute Gasteiger partial charge is 0.291 e. The molecule has 0 spiro atoms. The van der Waals surface area contributed by atoms with Crippen LogP contribution in [0.5, 0.6) is 0 Å². The molecule has 18 heavy (non-hydrogen) atoms. The molecule has 2 heterocycles. The summed E-state index contributed by atoms with van der Waals surface area (Å²) in [6.45, 7) is 4.15. The van der Waals surface area contributed by atoms with Crippen molar-refractivity contribution in [1.29, 1.82) is 0 Å². The van der Waals surface area contributed by atoms with E-state index in [1.54, 1.807) is 12.4 Å². The van der Waals surface area contributed by atoms with E-state index in [1.165, 1.54) is 4.52 Å². The van der Waals surface area contributed by atoms with Gasteiger partial charge >= 0.3 is 0 Å². The van der Waals surface area contributed by atoms with Gasteiger partial charge in [0, 0.05) is 25.5 Å². The third kappa shape index (κ3) is 3.02. The Morgan fingerprint density at radius 2 is 2.33 bits per heavy atom. The van der Waals surface area contributed by atoms with E-state index in [0.29, 0.717) is 12.3 Å². The van der Waals surface area contributed by atoms with E-state index in [0.717, 1.165) is 17.6 Å². The van der Waals surface area contributed by atoms with Crippen LogP contribution in [0.1, 0.15) is 17.5 Å². The number of hydrogen-bond donors (Lipinski definition) is 2. The second-order valence-corrected chi connectivity index (χ2v) is 4.48. The lowest BCUT2D eigenvalue weighted by Crippen LogP contribution is -2.32. The molecule has 0 fully saturated rings. The first-order valence-corrected chi connectivity index (χ1v) is 6.37. The van der Waals surface area contributed by atoms with Gasteiger partial charge in [-0.1, -0.05) is 6.92 Å². The molecule has 0 unspecified atom stereocenters. The summed E-state index contributed by atoms with van der Waals surface area (Å²) in [7, 11) is 0. The van der Waals surface area contributed by atoms with Gasteiger partial charge in [-0.3, -0.25) is 4.79 Å². The van der Waals surface area contributed by atoms with Crippen LogP contribution in [0.4, 0.5) is 0 Å². The van der Waals surface area contributed by atoms with E-state index in [4.69, 9.17) is 0 Å². The van der Waals surface area contributed by atoms with Crippen molar-refractivity contribution in [3.05, 3.63) is 22.7 Å². The van der Waals surface area contributed by atoms with Crippen LogP contribution in [0, 0.1) is 0 Å². The summed E-state index contributed by atoms with van der Waals surface area (Å²) in [5, 5.41) is 9.89. The summed E-state index contributed by atoms with van der Waals surface area (Å²) in [5.74, 6) is 0.224. The first-order chi connectivity index (χ1) is 8.70. The summed E-state index contributed by atoms with van der Waals surface area (Å²) in [6.07, 6.45) is 3.31. The summed E-state index contributed by atoms with van der Waals surface area (Å²) >= 11 is 3.28. The number of fused-ring (bicyclic) bond motifs is 1. The van der Waals surface area contributed by atoms with Crippen molar-refractivity contribution < 1.29 is 4.79 Å². The van der Waals surface area contributed by atoms with Crippen molar-refractivity contribution in [1.82, 2.24) is 30.2 Å². The van der Waals surface area contributed by atoms with Gasteiger partial charge in [0.2, 0.25) is 5.82 Å². The summed E-state index contributed by atoms with van der Waals surface area (Å²) in [6, 6.07) is 0. The number of aromatic nitrogens is 4. The molecule has 2 aromatic heterocycles. The van der Waals surface area contributed by atoms with Crippen LogP contribution in [0.2, 0.25) is 0 Å². The zero-order valence-electron chi connectivity index (χ0n) is 9.85. The van der Waals surface area contributed by atoms with E-state index >= 15 is 0 Å². The Bertz CT molecular complexity index is 554. The molecule has 0 saturated heterocycles. The molecule has 7 nitrogen and oxygen atoms in total. The number of nitrogens with one attached hydrogen (secondary N) is 2. The average molecular weight is 313 g/mol. The van der Waals surface area contributed by atoms with Crippen LogP contribution in [0.15, 0.2) is 16.9 Å². The molecular formula is C10H13BrN6O. The average Bonchev–Trinajstić information content (AvgIpc) is 2.77. The lowest BCUT2D eigenvalue weighted by atomic mass is 10.5. The second-order valence-electron chi connectivity index (χ2n) is 3.56.